The topological polar surface area (TPSA) is 65.4 Å². The molecule has 4 aromatic rings. The molecule has 3 heterocycles. The quantitative estimate of drug-likeness (QED) is 0.182. The van der Waals surface area contributed by atoms with Crippen molar-refractivity contribution >= 4 is 34.6 Å². The fourth-order valence-corrected chi connectivity index (χ4v) is 5.65. The Kier molecular flexibility index (Phi) is 7.35. The second-order valence-electron chi connectivity index (χ2n) is 9.26. The first-order chi connectivity index (χ1) is 17.9. The summed E-state index contributed by atoms with van der Waals surface area (Å²) in [6, 6.07) is 23.3. The summed E-state index contributed by atoms with van der Waals surface area (Å²) in [6.45, 7) is 5.74. The van der Waals surface area contributed by atoms with Crippen molar-refractivity contribution in [2.24, 2.45) is 0 Å². The molecule has 2 atom stereocenters. The highest BCUT2D eigenvalue weighted by Crippen LogP contribution is 2.42. The average molecular weight is 532 g/mol. The van der Waals surface area contributed by atoms with Crippen LogP contribution in [0, 0.1) is 13.8 Å². The second kappa shape index (κ2) is 10.8. The molecule has 2 unspecified atom stereocenters. The van der Waals surface area contributed by atoms with Gasteiger partial charge in [0.15, 0.2) is 5.11 Å². The van der Waals surface area contributed by atoms with Crippen molar-refractivity contribution in [3.63, 3.8) is 0 Å². The van der Waals surface area contributed by atoms with Crippen LogP contribution in [0.4, 0.5) is 5.69 Å². The van der Waals surface area contributed by atoms with Crippen LogP contribution >= 0.6 is 23.8 Å². The molecule has 8 heteroatoms. The van der Waals surface area contributed by atoms with Crippen molar-refractivity contribution in [2.45, 2.75) is 32.4 Å². The van der Waals surface area contributed by atoms with Crippen molar-refractivity contribution in [2.75, 3.05) is 18.4 Å². The molecule has 1 fully saturated rings. The normalized spacial score (nSPS) is 17.2. The zero-order valence-corrected chi connectivity index (χ0v) is 22.4. The molecule has 3 N–H and O–H groups in total. The summed E-state index contributed by atoms with van der Waals surface area (Å²) in [5.74, 6) is 0.183. The zero-order chi connectivity index (χ0) is 25.9. The lowest BCUT2D eigenvalue weighted by Gasteiger charge is -2.28. The Labute approximate surface area is 227 Å². The minimum Gasteiger partial charge on any atom is -0.506 e. The Morgan fingerprint density at radius 1 is 1.05 bits per heavy atom. The average Bonchev–Trinajstić information content (AvgIpc) is 3.39. The van der Waals surface area contributed by atoms with Gasteiger partial charge in [-0.05, 0) is 86.6 Å². The first kappa shape index (κ1) is 25.1. The molecule has 1 saturated heterocycles. The van der Waals surface area contributed by atoms with E-state index in [-0.39, 0.29) is 17.8 Å². The van der Waals surface area contributed by atoms with E-state index in [1.54, 1.807) is 18.2 Å². The van der Waals surface area contributed by atoms with E-state index in [1.807, 2.05) is 49.5 Å². The largest absolute Gasteiger partial charge is 0.506 e. The molecule has 2 aromatic heterocycles. The molecule has 1 aliphatic heterocycles. The zero-order valence-electron chi connectivity index (χ0n) is 20.9. The van der Waals surface area contributed by atoms with Crippen molar-refractivity contribution in [1.29, 1.82) is 0 Å². The van der Waals surface area contributed by atoms with E-state index < -0.39 is 0 Å². The Balaban J connectivity index is 1.48. The molecule has 190 valence electrons. The van der Waals surface area contributed by atoms with E-state index >= 15 is 0 Å². The van der Waals surface area contributed by atoms with Crippen LogP contribution in [-0.2, 0) is 0 Å². The molecule has 6 nitrogen and oxygen atoms in total. The Hall–Kier alpha value is -3.55. The maximum Gasteiger partial charge on any atom is 0.170 e. The first-order valence-corrected chi connectivity index (χ1v) is 13.2. The van der Waals surface area contributed by atoms with Crippen molar-refractivity contribution in [3.05, 3.63) is 107 Å². The molecular formula is C29H30ClN5OS. The maximum atomic E-state index is 10.6. The van der Waals surface area contributed by atoms with Gasteiger partial charge in [-0.2, -0.15) is 0 Å². The monoisotopic (exact) mass is 531 g/mol. The summed E-state index contributed by atoms with van der Waals surface area (Å²) >= 11 is 12.1. The number of hydrogen-bond acceptors (Lipinski definition) is 4. The maximum absolute atomic E-state index is 10.6. The minimum atomic E-state index is -0.0994. The summed E-state index contributed by atoms with van der Waals surface area (Å²) in [5.41, 5.74) is 5.88. The smallest absolute Gasteiger partial charge is 0.170 e. The van der Waals surface area contributed by atoms with E-state index in [0.29, 0.717) is 10.7 Å². The van der Waals surface area contributed by atoms with Gasteiger partial charge >= 0.3 is 0 Å². The highest BCUT2D eigenvalue weighted by atomic mass is 35.5. The molecule has 0 saturated carbocycles. The number of benzene rings is 2. The van der Waals surface area contributed by atoms with Gasteiger partial charge in [-0.15, -0.1) is 0 Å². The number of phenols is 1. The number of phenolic OH excluding ortho intramolecular Hbond substituents is 1. The molecule has 0 radical (unpaired) electrons. The van der Waals surface area contributed by atoms with Crippen molar-refractivity contribution < 1.29 is 5.11 Å². The van der Waals surface area contributed by atoms with Gasteiger partial charge in [0.05, 0.1) is 23.5 Å². The Bertz CT molecular complexity index is 1390. The number of thiocarbonyl (C=S) groups is 1. The van der Waals surface area contributed by atoms with Crippen molar-refractivity contribution in [1.82, 2.24) is 19.8 Å². The highest BCUT2D eigenvalue weighted by Gasteiger charge is 2.41. The number of nitrogens with zero attached hydrogens (tertiary/aromatic N) is 3. The lowest BCUT2D eigenvalue weighted by molar-refractivity contribution is 0.315. The number of rotatable bonds is 8. The standard InChI is InChI=1S/C29H30ClN5OS/c1-19-17-23(20(2)35(19)25-18-21(30)12-13-26(25)36)28-27(24-11-6-7-14-32-24)33-29(37)34(28)16-8-15-31-22-9-4-3-5-10-22/h3-7,9-14,17-18,27-28,31,36H,8,15-16H2,1-2H3,(H,33,37). The van der Waals surface area contributed by atoms with E-state index in [2.05, 4.69) is 50.2 Å². The number of anilines is 1. The summed E-state index contributed by atoms with van der Waals surface area (Å²) in [6.07, 6.45) is 2.73. The van der Waals surface area contributed by atoms with Crippen LogP contribution in [-0.4, -0.2) is 37.8 Å². The van der Waals surface area contributed by atoms with Crippen LogP contribution in [0.25, 0.3) is 5.69 Å². The summed E-state index contributed by atoms with van der Waals surface area (Å²) in [4.78, 5) is 6.93. The van der Waals surface area contributed by atoms with E-state index in [1.165, 1.54) is 0 Å². The number of hydrogen-bond donors (Lipinski definition) is 3. The van der Waals surface area contributed by atoms with Crippen LogP contribution in [0.3, 0.4) is 0 Å². The fourth-order valence-electron chi connectivity index (χ4n) is 5.16. The number of pyridine rings is 1. The predicted octanol–water partition coefficient (Wildman–Crippen LogP) is 6.32. The highest BCUT2D eigenvalue weighted by molar-refractivity contribution is 7.80. The van der Waals surface area contributed by atoms with Gasteiger partial charge in [-0.1, -0.05) is 35.9 Å². The van der Waals surface area contributed by atoms with Crippen LogP contribution in [0.15, 0.2) is 79.0 Å². The van der Waals surface area contributed by atoms with E-state index in [9.17, 15) is 5.11 Å². The summed E-state index contributed by atoms with van der Waals surface area (Å²) < 4.78 is 2.06. The summed E-state index contributed by atoms with van der Waals surface area (Å²) in [7, 11) is 0. The molecule has 0 amide bonds. The number of para-hydroxylation sites is 1. The third-order valence-corrected chi connectivity index (χ3v) is 7.43. The van der Waals surface area contributed by atoms with Gasteiger partial charge < -0.3 is 25.2 Å². The van der Waals surface area contributed by atoms with Crippen LogP contribution in [0.5, 0.6) is 5.75 Å². The van der Waals surface area contributed by atoms with Gasteiger partial charge in [0, 0.05) is 41.4 Å². The third kappa shape index (κ3) is 5.15. The number of halogens is 1. The molecular weight excluding hydrogens is 502 g/mol. The van der Waals surface area contributed by atoms with Crippen molar-refractivity contribution in [3.8, 4) is 11.4 Å². The molecule has 0 spiro atoms. The predicted molar refractivity (Wildman–Crippen MR) is 154 cm³/mol. The molecule has 0 aliphatic carbocycles. The number of nitrogens with one attached hydrogen (secondary N) is 2. The van der Waals surface area contributed by atoms with E-state index in [0.717, 1.165) is 53.0 Å². The number of aromatic nitrogens is 2. The van der Waals surface area contributed by atoms with E-state index in [4.69, 9.17) is 23.8 Å². The van der Waals surface area contributed by atoms with Crippen LogP contribution < -0.4 is 10.6 Å². The lowest BCUT2D eigenvalue weighted by atomic mass is 9.96. The molecule has 2 aromatic carbocycles. The third-order valence-electron chi connectivity index (χ3n) is 6.84. The van der Waals surface area contributed by atoms with Gasteiger partial charge in [0.1, 0.15) is 5.75 Å². The molecule has 5 rings (SSSR count). The molecule has 1 aliphatic rings. The Morgan fingerprint density at radius 3 is 2.59 bits per heavy atom. The number of aryl methyl sites for hydroxylation is 1. The molecule has 0 bridgehead atoms. The van der Waals surface area contributed by atoms with Gasteiger partial charge in [0.2, 0.25) is 0 Å². The second-order valence-corrected chi connectivity index (χ2v) is 10.1. The van der Waals surface area contributed by atoms with Crippen LogP contribution in [0.2, 0.25) is 5.02 Å². The summed E-state index contributed by atoms with van der Waals surface area (Å²) in [5, 5.41) is 19.0. The number of aromatic hydroxyl groups is 1. The SMILES string of the molecule is Cc1cc(C2C(c3ccccn3)NC(=S)N2CCCNc2ccccc2)c(C)n1-c1cc(Cl)ccc1O. The van der Waals surface area contributed by atoms with Gasteiger partial charge in [-0.3, -0.25) is 4.98 Å². The van der Waals surface area contributed by atoms with Gasteiger partial charge in [-0.25, -0.2) is 0 Å². The lowest BCUT2D eigenvalue weighted by Crippen LogP contribution is -2.31. The molecule has 37 heavy (non-hydrogen) atoms. The minimum absolute atomic E-state index is 0.0552. The van der Waals surface area contributed by atoms with Gasteiger partial charge in [0.25, 0.3) is 0 Å². The van der Waals surface area contributed by atoms with Crippen LogP contribution in [0.1, 0.15) is 41.1 Å². The first-order valence-electron chi connectivity index (χ1n) is 12.4. The Morgan fingerprint density at radius 2 is 1.84 bits per heavy atom. The fraction of sp³-hybridized carbons (Fsp3) is 0.241.